The van der Waals surface area contributed by atoms with Crippen molar-refractivity contribution in [1.29, 1.82) is 5.41 Å². The van der Waals surface area contributed by atoms with Gasteiger partial charge in [-0.05, 0) is 24.6 Å². The molecule has 1 aromatic carbocycles. The number of hydrogen-bond donors (Lipinski definition) is 3. The Morgan fingerprint density at radius 3 is 2.67 bits per heavy atom. The molecule has 0 saturated carbocycles. The van der Waals surface area contributed by atoms with Crippen LogP contribution in [0.5, 0.6) is 0 Å². The number of nitrogens with two attached hydrogens (primary N) is 1. The van der Waals surface area contributed by atoms with E-state index in [1.54, 1.807) is 12.1 Å². The van der Waals surface area contributed by atoms with Gasteiger partial charge < -0.3 is 15.7 Å². The molecule has 0 atom stereocenters. The zero-order valence-electron chi connectivity index (χ0n) is 10.6. The third kappa shape index (κ3) is 3.70. The zero-order valence-corrected chi connectivity index (χ0v) is 10.6. The van der Waals surface area contributed by atoms with Crippen LogP contribution in [0.4, 0.5) is 10.1 Å². The van der Waals surface area contributed by atoms with E-state index in [1.807, 2.05) is 4.90 Å². The number of nitrogens with zero attached hydrogens (tertiary/aromatic N) is 1. The standard InChI is InChI=1S/C13H20FN3O/c1-2-3-6-17(7-8-18)12-5-4-10(13(15)16)9-11(12)14/h4-5,9,18H,2-3,6-8H2,1H3,(H3,15,16). The van der Waals surface area contributed by atoms with Gasteiger partial charge in [0.05, 0.1) is 12.3 Å². The van der Waals surface area contributed by atoms with E-state index in [2.05, 4.69) is 6.92 Å². The highest BCUT2D eigenvalue weighted by atomic mass is 19.1. The van der Waals surface area contributed by atoms with Gasteiger partial charge in [0.1, 0.15) is 11.7 Å². The highest BCUT2D eigenvalue weighted by Gasteiger charge is 2.12. The fourth-order valence-electron chi connectivity index (χ4n) is 1.75. The van der Waals surface area contributed by atoms with Crippen LogP contribution in [0.25, 0.3) is 0 Å². The molecule has 1 aromatic rings. The summed E-state index contributed by atoms with van der Waals surface area (Å²) in [5.41, 5.74) is 6.13. The van der Waals surface area contributed by atoms with Crippen LogP contribution in [0.15, 0.2) is 18.2 Å². The molecule has 100 valence electrons. The minimum Gasteiger partial charge on any atom is -0.395 e. The normalized spacial score (nSPS) is 10.4. The molecule has 0 aromatic heterocycles. The number of amidine groups is 1. The van der Waals surface area contributed by atoms with Gasteiger partial charge in [-0.2, -0.15) is 0 Å². The van der Waals surface area contributed by atoms with Crippen molar-refractivity contribution in [1.82, 2.24) is 0 Å². The lowest BCUT2D eigenvalue weighted by atomic mass is 10.1. The van der Waals surface area contributed by atoms with E-state index < -0.39 is 5.82 Å². The molecule has 0 heterocycles. The van der Waals surface area contributed by atoms with Gasteiger partial charge in [-0.3, -0.25) is 5.41 Å². The first-order chi connectivity index (χ1) is 8.60. The Morgan fingerprint density at radius 2 is 2.17 bits per heavy atom. The van der Waals surface area contributed by atoms with Gasteiger partial charge in [-0.15, -0.1) is 0 Å². The number of halogens is 1. The summed E-state index contributed by atoms with van der Waals surface area (Å²) in [6, 6.07) is 4.49. The summed E-state index contributed by atoms with van der Waals surface area (Å²) < 4.78 is 13.9. The van der Waals surface area contributed by atoms with E-state index in [9.17, 15) is 4.39 Å². The molecule has 0 saturated heterocycles. The first-order valence-electron chi connectivity index (χ1n) is 6.10. The van der Waals surface area contributed by atoms with Gasteiger partial charge >= 0.3 is 0 Å². The monoisotopic (exact) mass is 253 g/mol. The van der Waals surface area contributed by atoms with Crippen LogP contribution in [-0.2, 0) is 0 Å². The predicted octanol–water partition coefficient (Wildman–Crippen LogP) is 1.71. The molecule has 4 N–H and O–H groups in total. The van der Waals surface area contributed by atoms with E-state index >= 15 is 0 Å². The first-order valence-corrected chi connectivity index (χ1v) is 6.10. The number of aliphatic hydroxyl groups is 1. The van der Waals surface area contributed by atoms with Crippen LogP contribution in [-0.4, -0.2) is 30.6 Å². The summed E-state index contributed by atoms with van der Waals surface area (Å²) in [5.74, 6) is -0.560. The van der Waals surface area contributed by atoms with Crippen molar-refractivity contribution in [2.45, 2.75) is 19.8 Å². The zero-order chi connectivity index (χ0) is 13.5. The molecule has 18 heavy (non-hydrogen) atoms. The Balaban J connectivity index is 2.93. The van der Waals surface area contributed by atoms with Crippen molar-refractivity contribution < 1.29 is 9.50 Å². The molecule has 0 aliphatic carbocycles. The Hall–Kier alpha value is -1.62. The average molecular weight is 253 g/mol. The van der Waals surface area contributed by atoms with Crippen molar-refractivity contribution >= 4 is 11.5 Å². The molecule has 0 bridgehead atoms. The lowest BCUT2D eigenvalue weighted by Crippen LogP contribution is -2.28. The minimum atomic E-state index is -0.410. The average Bonchev–Trinajstić information content (AvgIpc) is 2.34. The number of aliphatic hydroxyl groups excluding tert-OH is 1. The minimum absolute atomic E-state index is 0.0163. The van der Waals surface area contributed by atoms with Crippen LogP contribution in [0.2, 0.25) is 0 Å². The summed E-state index contributed by atoms with van der Waals surface area (Å²) in [4.78, 5) is 1.81. The van der Waals surface area contributed by atoms with Gasteiger partial charge in [-0.25, -0.2) is 4.39 Å². The van der Waals surface area contributed by atoms with Crippen molar-refractivity contribution in [3.63, 3.8) is 0 Å². The van der Waals surface area contributed by atoms with E-state index in [-0.39, 0.29) is 12.4 Å². The number of unbranched alkanes of at least 4 members (excludes halogenated alkanes) is 1. The van der Waals surface area contributed by atoms with Crippen molar-refractivity contribution in [2.24, 2.45) is 5.73 Å². The molecule has 4 nitrogen and oxygen atoms in total. The second-order valence-corrected chi connectivity index (χ2v) is 4.14. The number of hydrogen-bond acceptors (Lipinski definition) is 3. The Bertz CT molecular complexity index is 409. The fraction of sp³-hybridized carbons (Fsp3) is 0.462. The number of benzene rings is 1. The number of nitrogen functional groups attached to an aromatic ring is 1. The second kappa shape index (κ2) is 6.96. The van der Waals surface area contributed by atoms with Crippen LogP contribution in [0, 0.1) is 11.2 Å². The summed E-state index contributed by atoms with van der Waals surface area (Å²) in [6.07, 6.45) is 1.95. The summed E-state index contributed by atoms with van der Waals surface area (Å²) in [7, 11) is 0. The molecular formula is C13H20FN3O. The van der Waals surface area contributed by atoms with Crippen LogP contribution >= 0.6 is 0 Å². The van der Waals surface area contributed by atoms with E-state index in [4.69, 9.17) is 16.2 Å². The Morgan fingerprint density at radius 1 is 1.44 bits per heavy atom. The smallest absolute Gasteiger partial charge is 0.147 e. The Labute approximate surface area is 107 Å². The summed E-state index contributed by atoms with van der Waals surface area (Å²) in [6.45, 7) is 3.15. The maximum atomic E-state index is 13.9. The summed E-state index contributed by atoms with van der Waals surface area (Å²) in [5, 5.41) is 16.3. The Kier molecular flexibility index (Phi) is 5.58. The molecule has 5 heteroatoms. The highest BCUT2D eigenvalue weighted by Crippen LogP contribution is 2.20. The molecular weight excluding hydrogens is 233 g/mol. The molecule has 0 spiro atoms. The van der Waals surface area contributed by atoms with Crippen molar-refractivity contribution in [3.8, 4) is 0 Å². The molecule has 0 aliphatic rings. The van der Waals surface area contributed by atoms with Crippen LogP contribution < -0.4 is 10.6 Å². The maximum absolute atomic E-state index is 13.9. The van der Waals surface area contributed by atoms with Gasteiger partial charge in [0.25, 0.3) is 0 Å². The number of anilines is 1. The van der Waals surface area contributed by atoms with Gasteiger partial charge in [0.2, 0.25) is 0 Å². The first kappa shape index (κ1) is 14.4. The lowest BCUT2D eigenvalue weighted by molar-refractivity contribution is 0.301. The van der Waals surface area contributed by atoms with Crippen molar-refractivity contribution in [3.05, 3.63) is 29.6 Å². The summed E-state index contributed by atoms with van der Waals surface area (Å²) >= 11 is 0. The van der Waals surface area contributed by atoms with E-state index in [0.29, 0.717) is 24.3 Å². The largest absolute Gasteiger partial charge is 0.395 e. The van der Waals surface area contributed by atoms with Crippen LogP contribution in [0.1, 0.15) is 25.3 Å². The number of nitrogens with one attached hydrogen (secondary N) is 1. The van der Waals surface area contributed by atoms with Crippen LogP contribution in [0.3, 0.4) is 0 Å². The molecule has 1 rings (SSSR count). The third-order valence-corrected chi connectivity index (χ3v) is 2.75. The molecule has 0 amide bonds. The second-order valence-electron chi connectivity index (χ2n) is 4.14. The van der Waals surface area contributed by atoms with Gasteiger partial charge in [-0.1, -0.05) is 13.3 Å². The topological polar surface area (TPSA) is 73.3 Å². The van der Waals surface area contributed by atoms with E-state index in [1.165, 1.54) is 6.07 Å². The predicted molar refractivity (Wildman–Crippen MR) is 71.6 cm³/mol. The van der Waals surface area contributed by atoms with Gasteiger partial charge in [0, 0.05) is 18.7 Å². The lowest BCUT2D eigenvalue weighted by Gasteiger charge is -2.24. The van der Waals surface area contributed by atoms with Crippen molar-refractivity contribution in [2.75, 3.05) is 24.6 Å². The molecule has 0 fully saturated rings. The van der Waals surface area contributed by atoms with Gasteiger partial charge in [0.15, 0.2) is 0 Å². The number of rotatable bonds is 7. The molecule has 0 aliphatic heterocycles. The fourth-order valence-corrected chi connectivity index (χ4v) is 1.75. The maximum Gasteiger partial charge on any atom is 0.147 e. The molecule has 0 radical (unpaired) electrons. The van der Waals surface area contributed by atoms with E-state index in [0.717, 1.165) is 12.8 Å². The highest BCUT2D eigenvalue weighted by molar-refractivity contribution is 5.95. The SMILES string of the molecule is CCCCN(CCO)c1ccc(C(=N)N)cc1F. The third-order valence-electron chi connectivity index (χ3n) is 2.75. The molecule has 0 unspecified atom stereocenters. The quantitative estimate of drug-likeness (QED) is 0.511.